The van der Waals surface area contributed by atoms with E-state index in [2.05, 4.69) is 5.32 Å². The number of phenols is 1. The number of phenolic OH excluding ortho intramolecular Hbond substituents is 1. The average molecular weight is 274 g/mol. The summed E-state index contributed by atoms with van der Waals surface area (Å²) in [7, 11) is 0. The zero-order valence-corrected chi connectivity index (χ0v) is 10.8. The van der Waals surface area contributed by atoms with E-state index in [1.165, 1.54) is 18.2 Å². The van der Waals surface area contributed by atoms with Gasteiger partial charge in [0, 0.05) is 16.8 Å². The van der Waals surface area contributed by atoms with Gasteiger partial charge < -0.3 is 10.4 Å². The Labute approximate surface area is 116 Å². The van der Waals surface area contributed by atoms with E-state index in [0.29, 0.717) is 10.7 Å². The first-order valence-corrected chi connectivity index (χ1v) is 6.05. The fraction of sp³-hybridized carbons (Fsp3) is 0. The number of carbonyl (C=O) groups is 1. The summed E-state index contributed by atoms with van der Waals surface area (Å²) in [6.07, 6.45) is 3.06. The Morgan fingerprint density at radius 3 is 2.47 bits per heavy atom. The maximum atomic E-state index is 11.7. The Morgan fingerprint density at radius 2 is 1.79 bits per heavy atom. The summed E-state index contributed by atoms with van der Waals surface area (Å²) < 4.78 is 0. The molecule has 4 heteroatoms. The highest BCUT2D eigenvalue weighted by Crippen LogP contribution is 2.17. The molecule has 2 rings (SSSR count). The molecular weight excluding hydrogens is 262 g/mol. The van der Waals surface area contributed by atoms with Crippen LogP contribution in [-0.4, -0.2) is 11.0 Å². The van der Waals surface area contributed by atoms with Crippen LogP contribution >= 0.6 is 11.6 Å². The highest BCUT2D eigenvalue weighted by Gasteiger charge is 1.99. The Hall–Kier alpha value is -2.26. The minimum Gasteiger partial charge on any atom is -0.508 e. The van der Waals surface area contributed by atoms with Crippen LogP contribution < -0.4 is 5.32 Å². The van der Waals surface area contributed by atoms with E-state index in [-0.39, 0.29) is 11.7 Å². The summed E-state index contributed by atoms with van der Waals surface area (Å²) in [5.41, 5.74) is 1.40. The van der Waals surface area contributed by atoms with Crippen molar-refractivity contribution in [3.63, 3.8) is 0 Å². The van der Waals surface area contributed by atoms with Crippen molar-refractivity contribution in [3.05, 3.63) is 65.2 Å². The van der Waals surface area contributed by atoms with E-state index in [9.17, 15) is 4.79 Å². The number of hydrogen-bond acceptors (Lipinski definition) is 2. The quantitative estimate of drug-likeness (QED) is 0.662. The molecule has 0 fully saturated rings. The van der Waals surface area contributed by atoms with E-state index in [1.54, 1.807) is 24.3 Å². The normalized spacial score (nSPS) is 10.6. The van der Waals surface area contributed by atoms with Crippen molar-refractivity contribution in [1.29, 1.82) is 0 Å². The van der Waals surface area contributed by atoms with Gasteiger partial charge in [-0.05, 0) is 42.0 Å². The lowest BCUT2D eigenvalue weighted by molar-refractivity contribution is -0.111. The van der Waals surface area contributed by atoms with Crippen LogP contribution in [0, 0.1) is 0 Å². The van der Waals surface area contributed by atoms with Gasteiger partial charge in [-0.15, -0.1) is 0 Å². The van der Waals surface area contributed by atoms with Gasteiger partial charge in [-0.2, -0.15) is 0 Å². The number of carbonyl (C=O) groups excluding carboxylic acids is 1. The van der Waals surface area contributed by atoms with Crippen molar-refractivity contribution in [1.82, 2.24) is 0 Å². The summed E-state index contributed by atoms with van der Waals surface area (Å²) in [5.74, 6) is -0.102. The summed E-state index contributed by atoms with van der Waals surface area (Å²) in [5, 5.41) is 12.4. The van der Waals surface area contributed by atoms with Gasteiger partial charge in [0.2, 0.25) is 5.91 Å². The Bertz CT molecular complexity index is 606. The third kappa shape index (κ3) is 3.86. The Balaban J connectivity index is 2.02. The third-order valence-electron chi connectivity index (χ3n) is 2.45. The van der Waals surface area contributed by atoms with Crippen molar-refractivity contribution in [2.24, 2.45) is 0 Å². The van der Waals surface area contributed by atoms with Crippen molar-refractivity contribution >= 4 is 29.3 Å². The van der Waals surface area contributed by atoms with Gasteiger partial charge in [0.25, 0.3) is 0 Å². The average Bonchev–Trinajstić information content (AvgIpc) is 2.40. The van der Waals surface area contributed by atoms with Crippen LogP contribution in [0.1, 0.15) is 5.56 Å². The molecule has 19 heavy (non-hydrogen) atoms. The lowest BCUT2D eigenvalue weighted by Crippen LogP contribution is -2.07. The van der Waals surface area contributed by atoms with Gasteiger partial charge in [0.05, 0.1) is 0 Å². The summed E-state index contributed by atoms with van der Waals surface area (Å²) in [4.78, 5) is 11.7. The Kier molecular flexibility index (Phi) is 4.21. The van der Waals surface area contributed by atoms with Crippen LogP contribution in [0.4, 0.5) is 5.69 Å². The van der Waals surface area contributed by atoms with Crippen molar-refractivity contribution < 1.29 is 9.90 Å². The molecule has 96 valence electrons. The number of rotatable bonds is 3. The molecule has 0 aliphatic carbocycles. The molecule has 2 aromatic rings. The van der Waals surface area contributed by atoms with Crippen LogP contribution in [-0.2, 0) is 4.79 Å². The molecule has 2 aromatic carbocycles. The molecule has 0 radical (unpaired) electrons. The van der Waals surface area contributed by atoms with Gasteiger partial charge in [-0.1, -0.05) is 29.8 Å². The maximum absolute atomic E-state index is 11.7. The van der Waals surface area contributed by atoms with Gasteiger partial charge in [0.15, 0.2) is 0 Å². The first-order chi connectivity index (χ1) is 9.15. The van der Waals surface area contributed by atoms with Gasteiger partial charge in [-0.25, -0.2) is 0 Å². The molecule has 0 saturated carbocycles. The maximum Gasteiger partial charge on any atom is 0.248 e. The van der Waals surface area contributed by atoms with Crippen LogP contribution in [0.2, 0.25) is 5.02 Å². The van der Waals surface area contributed by atoms with E-state index < -0.39 is 0 Å². The summed E-state index contributed by atoms with van der Waals surface area (Å²) in [6, 6.07) is 13.5. The SMILES string of the molecule is O=C(/C=C/c1ccccc1Cl)Nc1ccc(O)cc1. The fourth-order valence-corrected chi connectivity index (χ4v) is 1.70. The molecule has 0 heterocycles. The van der Waals surface area contributed by atoms with Crippen LogP contribution in [0.25, 0.3) is 6.08 Å². The number of nitrogens with one attached hydrogen (secondary N) is 1. The molecule has 2 N–H and O–H groups in total. The molecule has 0 unspecified atom stereocenters. The predicted molar refractivity (Wildman–Crippen MR) is 77.2 cm³/mol. The van der Waals surface area contributed by atoms with Gasteiger partial charge >= 0.3 is 0 Å². The predicted octanol–water partition coefficient (Wildman–Crippen LogP) is 3.70. The topological polar surface area (TPSA) is 49.3 Å². The first kappa shape index (κ1) is 13.2. The fourth-order valence-electron chi connectivity index (χ4n) is 1.50. The number of aromatic hydroxyl groups is 1. The second kappa shape index (κ2) is 6.07. The van der Waals surface area contributed by atoms with E-state index >= 15 is 0 Å². The molecular formula is C15H12ClNO2. The standard InChI is InChI=1S/C15H12ClNO2/c16-14-4-2-1-3-11(14)5-10-15(19)17-12-6-8-13(18)9-7-12/h1-10,18H,(H,17,19)/b10-5+. The summed E-state index contributed by atoms with van der Waals surface area (Å²) >= 11 is 5.97. The third-order valence-corrected chi connectivity index (χ3v) is 2.80. The van der Waals surface area contributed by atoms with Gasteiger partial charge in [0.1, 0.15) is 5.75 Å². The van der Waals surface area contributed by atoms with Crippen LogP contribution in [0.5, 0.6) is 5.75 Å². The molecule has 1 amide bonds. The van der Waals surface area contributed by atoms with Crippen LogP contribution in [0.3, 0.4) is 0 Å². The monoisotopic (exact) mass is 273 g/mol. The zero-order chi connectivity index (χ0) is 13.7. The lowest BCUT2D eigenvalue weighted by atomic mass is 10.2. The van der Waals surface area contributed by atoms with Gasteiger partial charge in [-0.3, -0.25) is 4.79 Å². The lowest BCUT2D eigenvalue weighted by Gasteiger charge is -2.02. The number of benzene rings is 2. The van der Waals surface area contributed by atoms with Crippen molar-refractivity contribution in [2.75, 3.05) is 5.32 Å². The minimum absolute atomic E-state index is 0.157. The number of amides is 1. The van der Waals surface area contributed by atoms with E-state index in [0.717, 1.165) is 5.56 Å². The van der Waals surface area contributed by atoms with E-state index in [4.69, 9.17) is 16.7 Å². The number of hydrogen-bond donors (Lipinski definition) is 2. The molecule has 0 aliphatic heterocycles. The highest BCUT2D eigenvalue weighted by molar-refractivity contribution is 6.32. The number of halogens is 1. The molecule has 0 bridgehead atoms. The molecule has 0 aliphatic rings. The molecule has 0 atom stereocenters. The molecule has 3 nitrogen and oxygen atoms in total. The molecule has 0 aromatic heterocycles. The minimum atomic E-state index is -0.259. The second-order valence-corrected chi connectivity index (χ2v) is 4.30. The number of anilines is 1. The van der Waals surface area contributed by atoms with Crippen molar-refractivity contribution in [2.45, 2.75) is 0 Å². The zero-order valence-electron chi connectivity index (χ0n) is 10.0. The molecule has 0 spiro atoms. The highest BCUT2D eigenvalue weighted by atomic mass is 35.5. The van der Waals surface area contributed by atoms with Crippen LogP contribution in [0.15, 0.2) is 54.6 Å². The summed E-state index contributed by atoms with van der Waals surface area (Å²) in [6.45, 7) is 0. The first-order valence-electron chi connectivity index (χ1n) is 5.68. The largest absolute Gasteiger partial charge is 0.508 e. The van der Waals surface area contributed by atoms with Crippen molar-refractivity contribution in [3.8, 4) is 5.75 Å². The smallest absolute Gasteiger partial charge is 0.248 e. The second-order valence-electron chi connectivity index (χ2n) is 3.89. The Morgan fingerprint density at radius 1 is 1.11 bits per heavy atom. The van der Waals surface area contributed by atoms with E-state index in [1.807, 2.05) is 18.2 Å². The molecule has 0 saturated heterocycles.